The van der Waals surface area contributed by atoms with E-state index in [4.69, 9.17) is 11.6 Å². The Bertz CT molecular complexity index is 1010. The monoisotopic (exact) mass is 416 g/mol. The molecule has 3 aromatic carbocycles. The Balaban J connectivity index is 1.98. The molecule has 0 aliphatic heterocycles. The normalized spacial score (nSPS) is 11.6. The van der Waals surface area contributed by atoms with Gasteiger partial charge in [-0.1, -0.05) is 47.5 Å². The number of aryl methyl sites for hydroxylation is 1. The summed E-state index contributed by atoms with van der Waals surface area (Å²) >= 11 is 5.92. The Morgan fingerprint density at radius 2 is 1.39 bits per heavy atom. The van der Waals surface area contributed by atoms with Crippen LogP contribution in [0, 0.1) is 30.2 Å². The van der Waals surface area contributed by atoms with Crippen LogP contribution in [-0.4, -0.2) is 0 Å². The van der Waals surface area contributed by atoms with Gasteiger partial charge in [0.05, 0.1) is 5.02 Å². The van der Waals surface area contributed by atoms with Crippen LogP contribution in [-0.2, 0) is 6.11 Å². The second kappa shape index (κ2) is 7.39. The standard InChI is InChI=1S/C20H11ClF6O/c1-10-2-4-11(5-3-10)13-6-7-14(18(24)17(13)21)20(26,27)28-12-8-15(22)19(25)16(23)9-12/h2-9H,1H3. The van der Waals surface area contributed by atoms with Crippen molar-refractivity contribution < 1.29 is 31.1 Å². The molecule has 0 saturated heterocycles. The molecule has 3 aromatic rings. The molecule has 0 spiro atoms. The first-order chi connectivity index (χ1) is 13.1. The highest BCUT2D eigenvalue weighted by atomic mass is 35.5. The number of alkyl halides is 2. The van der Waals surface area contributed by atoms with Crippen molar-refractivity contribution in [1.29, 1.82) is 0 Å². The van der Waals surface area contributed by atoms with Crippen LogP contribution in [0.25, 0.3) is 11.1 Å². The molecule has 0 amide bonds. The SMILES string of the molecule is Cc1ccc(-c2ccc(C(F)(F)Oc3cc(F)c(F)c(F)c3)c(F)c2Cl)cc1. The summed E-state index contributed by atoms with van der Waals surface area (Å²) in [5, 5.41) is -0.568. The molecule has 0 atom stereocenters. The first-order valence-electron chi connectivity index (χ1n) is 7.87. The molecule has 146 valence electrons. The predicted octanol–water partition coefficient (Wildman–Crippen LogP) is 7.00. The molecule has 8 heteroatoms. The van der Waals surface area contributed by atoms with Gasteiger partial charge in [0.25, 0.3) is 0 Å². The first kappa shape index (κ1) is 20.1. The minimum Gasteiger partial charge on any atom is -0.429 e. The highest BCUT2D eigenvalue weighted by Gasteiger charge is 2.39. The van der Waals surface area contributed by atoms with E-state index < -0.39 is 45.7 Å². The maximum Gasteiger partial charge on any atom is 0.429 e. The van der Waals surface area contributed by atoms with Crippen molar-refractivity contribution in [3.05, 3.63) is 87.9 Å². The van der Waals surface area contributed by atoms with Gasteiger partial charge in [0.1, 0.15) is 11.3 Å². The largest absolute Gasteiger partial charge is 0.429 e. The van der Waals surface area contributed by atoms with Gasteiger partial charge in [-0.25, -0.2) is 17.6 Å². The molecule has 1 nitrogen and oxygen atoms in total. The average Bonchev–Trinajstić information content (AvgIpc) is 2.62. The van der Waals surface area contributed by atoms with Crippen LogP contribution in [0.15, 0.2) is 48.5 Å². The molecule has 3 rings (SSSR count). The molecule has 0 fully saturated rings. The fraction of sp³-hybridized carbons (Fsp3) is 0.100. The molecular formula is C20H11ClF6O. The van der Waals surface area contributed by atoms with Crippen LogP contribution in [0.2, 0.25) is 5.02 Å². The summed E-state index contributed by atoms with van der Waals surface area (Å²) in [5.41, 5.74) is 0.389. The van der Waals surface area contributed by atoms with Gasteiger partial charge in [0.2, 0.25) is 0 Å². The minimum absolute atomic E-state index is 0.178. The van der Waals surface area contributed by atoms with Crippen LogP contribution >= 0.6 is 11.6 Å². The first-order valence-corrected chi connectivity index (χ1v) is 8.25. The zero-order chi connectivity index (χ0) is 20.6. The lowest BCUT2D eigenvalue weighted by Gasteiger charge is -2.20. The summed E-state index contributed by atoms with van der Waals surface area (Å²) in [7, 11) is 0. The Labute approximate surface area is 161 Å². The number of ether oxygens (including phenoxy) is 1. The quantitative estimate of drug-likeness (QED) is 0.328. The van der Waals surface area contributed by atoms with E-state index in [9.17, 15) is 26.3 Å². The van der Waals surface area contributed by atoms with E-state index in [0.717, 1.165) is 11.6 Å². The van der Waals surface area contributed by atoms with Crippen LogP contribution < -0.4 is 4.74 Å². The summed E-state index contributed by atoms with van der Waals surface area (Å²) in [6.45, 7) is 1.84. The third-order valence-corrected chi connectivity index (χ3v) is 4.33. The van der Waals surface area contributed by atoms with Crippen molar-refractivity contribution in [3.8, 4) is 16.9 Å². The minimum atomic E-state index is -4.32. The summed E-state index contributed by atoms with van der Waals surface area (Å²) in [6, 6.07) is 9.17. The van der Waals surface area contributed by atoms with E-state index in [1.54, 1.807) is 24.3 Å². The molecular weight excluding hydrogens is 406 g/mol. The summed E-state index contributed by atoms with van der Waals surface area (Å²) in [6.07, 6.45) is -4.32. The van der Waals surface area contributed by atoms with E-state index >= 15 is 0 Å². The number of halogens is 7. The Kier molecular flexibility index (Phi) is 5.30. The molecule has 0 aromatic heterocycles. The number of benzene rings is 3. The maximum absolute atomic E-state index is 14.5. The van der Waals surface area contributed by atoms with E-state index in [0.29, 0.717) is 5.56 Å². The second-order valence-corrected chi connectivity index (χ2v) is 6.35. The van der Waals surface area contributed by atoms with Crippen LogP contribution in [0.3, 0.4) is 0 Å². The van der Waals surface area contributed by atoms with Gasteiger partial charge >= 0.3 is 6.11 Å². The molecule has 0 unspecified atom stereocenters. The Morgan fingerprint density at radius 1 is 0.821 bits per heavy atom. The van der Waals surface area contributed by atoms with Gasteiger partial charge in [0.15, 0.2) is 23.3 Å². The molecule has 0 aliphatic rings. The Morgan fingerprint density at radius 3 is 1.96 bits per heavy atom. The lowest BCUT2D eigenvalue weighted by atomic mass is 10.0. The van der Waals surface area contributed by atoms with E-state index in [1.807, 2.05) is 6.92 Å². The maximum atomic E-state index is 14.5. The lowest BCUT2D eigenvalue weighted by Crippen LogP contribution is -2.24. The second-order valence-electron chi connectivity index (χ2n) is 5.97. The van der Waals surface area contributed by atoms with Crippen LogP contribution in [0.5, 0.6) is 5.75 Å². The summed E-state index contributed by atoms with van der Waals surface area (Å²) < 4.78 is 86.9. The summed E-state index contributed by atoms with van der Waals surface area (Å²) in [4.78, 5) is 0. The van der Waals surface area contributed by atoms with Gasteiger partial charge in [-0.05, 0) is 18.6 Å². The van der Waals surface area contributed by atoms with Gasteiger partial charge in [0, 0.05) is 17.7 Å². The number of hydrogen-bond acceptors (Lipinski definition) is 1. The zero-order valence-electron chi connectivity index (χ0n) is 14.2. The molecule has 0 aliphatic carbocycles. The van der Waals surface area contributed by atoms with Gasteiger partial charge in [-0.3, -0.25) is 0 Å². The highest BCUT2D eigenvalue weighted by Crippen LogP contribution is 2.39. The lowest BCUT2D eigenvalue weighted by molar-refractivity contribution is -0.187. The van der Waals surface area contributed by atoms with Crippen molar-refractivity contribution in [2.24, 2.45) is 0 Å². The molecule has 0 bridgehead atoms. The van der Waals surface area contributed by atoms with Crippen molar-refractivity contribution >= 4 is 11.6 Å². The average molecular weight is 417 g/mol. The molecule has 0 heterocycles. The number of hydrogen-bond donors (Lipinski definition) is 0. The highest BCUT2D eigenvalue weighted by molar-refractivity contribution is 6.33. The molecule has 0 N–H and O–H groups in total. The van der Waals surface area contributed by atoms with Crippen molar-refractivity contribution in [2.75, 3.05) is 0 Å². The van der Waals surface area contributed by atoms with Crippen molar-refractivity contribution in [1.82, 2.24) is 0 Å². The number of rotatable bonds is 4. The van der Waals surface area contributed by atoms with Crippen molar-refractivity contribution in [2.45, 2.75) is 13.0 Å². The van der Waals surface area contributed by atoms with Crippen LogP contribution in [0.1, 0.15) is 11.1 Å². The van der Waals surface area contributed by atoms with E-state index in [2.05, 4.69) is 4.74 Å². The van der Waals surface area contributed by atoms with Crippen molar-refractivity contribution in [3.63, 3.8) is 0 Å². The van der Waals surface area contributed by atoms with Gasteiger partial charge in [-0.15, -0.1) is 0 Å². The van der Waals surface area contributed by atoms with E-state index in [-0.39, 0.29) is 17.7 Å². The topological polar surface area (TPSA) is 9.23 Å². The molecule has 0 radical (unpaired) electrons. The zero-order valence-corrected chi connectivity index (χ0v) is 14.9. The van der Waals surface area contributed by atoms with E-state index in [1.165, 1.54) is 6.07 Å². The molecule has 28 heavy (non-hydrogen) atoms. The third-order valence-electron chi connectivity index (χ3n) is 3.96. The Hall–Kier alpha value is -2.67. The fourth-order valence-electron chi connectivity index (χ4n) is 2.52. The predicted molar refractivity (Wildman–Crippen MR) is 92.4 cm³/mol. The molecule has 0 saturated carbocycles. The summed E-state index contributed by atoms with van der Waals surface area (Å²) in [5.74, 6) is -7.75. The van der Waals surface area contributed by atoms with Gasteiger partial charge in [-0.2, -0.15) is 8.78 Å². The van der Waals surface area contributed by atoms with Crippen LogP contribution in [0.4, 0.5) is 26.3 Å². The van der Waals surface area contributed by atoms with Gasteiger partial charge < -0.3 is 4.74 Å². The smallest absolute Gasteiger partial charge is 0.429 e. The third kappa shape index (κ3) is 3.80. The fourth-order valence-corrected chi connectivity index (χ4v) is 2.80.